The molecule has 1 atom stereocenters. The van der Waals surface area contributed by atoms with Gasteiger partial charge in [0.05, 0.1) is 13.2 Å². The van der Waals surface area contributed by atoms with Gasteiger partial charge in [-0.2, -0.15) is 0 Å². The Bertz CT molecular complexity index is 864. The quantitative estimate of drug-likeness (QED) is 0.730. The number of ether oxygens (including phenoxy) is 2. The molecule has 0 radical (unpaired) electrons. The fraction of sp³-hybridized carbons (Fsp3) is 0.391. The molecule has 2 aromatic carbocycles. The molecule has 1 unspecified atom stereocenters. The first-order chi connectivity index (χ1) is 14.6. The highest BCUT2D eigenvalue weighted by Crippen LogP contribution is 2.44. The minimum atomic E-state index is -1.06. The number of hydrogen-bond donors (Lipinski definition) is 2. The first kappa shape index (κ1) is 20.4. The minimum absolute atomic E-state index is 0.0558. The van der Waals surface area contributed by atoms with Crippen LogP contribution in [0.2, 0.25) is 0 Å². The molecule has 7 nitrogen and oxygen atoms in total. The third kappa shape index (κ3) is 4.47. The maximum Gasteiger partial charge on any atom is 0.407 e. The van der Waals surface area contributed by atoms with Crippen molar-refractivity contribution in [3.63, 3.8) is 0 Å². The zero-order valence-electron chi connectivity index (χ0n) is 16.8. The van der Waals surface area contributed by atoms with E-state index >= 15 is 0 Å². The lowest BCUT2D eigenvalue weighted by Crippen LogP contribution is -2.45. The number of alkyl carbamates (subject to hydrolysis) is 1. The van der Waals surface area contributed by atoms with Gasteiger partial charge in [-0.3, -0.25) is 4.90 Å². The summed E-state index contributed by atoms with van der Waals surface area (Å²) in [5.41, 5.74) is 4.54. The molecule has 2 aliphatic rings. The lowest BCUT2D eigenvalue weighted by molar-refractivity contribution is -0.139. The number of hydrogen-bond acceptors (Lipinski definition) is 5. The molecule has 1 fully saturated rings. The summed E-state index contributed by atoms with van der Waals surface area (Å²) in [6.45, 7) is 3.60. The molecule has 0 saturated carbocycles. The summed E-state index contributed by atoms with van der Waals surface area (Å²) >= 11 is 0. The number of carboxylic acids is 1. The molecular weight excluding hydrogens is 384 g/mol. The molecule has 1 amide bonds. The van der Waals surface area contributed by atoms with Gasteiger partial charge in [0.25, 0.3) is 0 Å². The van der Waals surface area contributed by atoms with Crippen molar-refractivity contribution in [2.24, 2.45) is 0 Å². The standard InChI is InChI=1S/C23H26N2O5/c26-22(27)21(9-10-25-11-13-29-14-12-25)24-23(28)30-15-20-18-7-3-1-5-16(18)17-6-2-4-8-19(17)20/h1-8,20-21H,9-15H2,(H,24,28)(H,26,27). The molecule has 2 aromatic rings. The van der Waals surface area contributed by atoms with E-state index < -0.39 is 18.1 Å². The molecule has 1 heterocycles. The van der Waals surface area contributed by atoms with Crippen LogP contribution in [0.25, 0.3) is 11.1 Å². The number of fused-ring (bicyclic) bond motifs is 3. The fourth-order valence-electron chi connectivity index (χ4n) is 4.18. The molecule has 1 aliphatic carbocycles. The van der Waals surface area contributed by atoms with Crippen LogP contribution in [0.4, 0.5) is 4.79 Å². The highest BCUT2D eigenvalue weighted by molar-refractivity contribution is 5.81. The number of carbonyl (C=O) groups is 2. The van der Waals surface area contributed by atoms with Crippen LogP contribution >= 0.6 is 0 Å². The Kier molecular flexibility index (Phi) is 6.30. The molecule has 1 saturated heterocycles. The number of rotatable bonds is 7. The van der Waals surface area contributed by atoms with Gasteiger partial charge in [-0.25, -0.2) is 9.59 Å². The minimum Gasteiger partial charge on any atom is -0.480 e. The van der Waals surface area contributed by atoms with Gasteiger partial charge in [0.1, 0.15) is 12.6 Å². The largest absolute Gasteiger partial charge is 0.480 e. The average Bonchev–Trinajstić information content (AvgIpc) is 3.09. The molecule has 0 bridgehead atoms. The first-order valence-corrected chi connectivity index (χ1v) is 10.3. The van der Waals surface area contributed by atoms with Gasteiger partial charge in [-0.15, -0.1) is 0 Å². The third-order valence-corrected chi connectivity index (χ3v) is 5.77. The third-order valence-electron chi connectivity index (χ3n) is 5.77. The number of amides is 1. The second-order valence-electron chi connectivity index (χ2n) is 7.60. The number of nitrogens with one attached hydrogen (secondary N) is 1. The Morgan fingerprint density at radius 1 is 1.07 bits per heavy atom. The topological polar surface area (TPSA) is 88.1 Å². The molecule has 0 spiro atoms. The normalized spacial score (nSPS) is 17.1. The van der Waals surface area contributed by atoms with E-state index in [0.717, 1.165) is 35.3 Å². The van der Waals surface area contributed by atoms with E-state index in [1.54, 1.807) is 0 Å². The monoisotopic (exact) mass is 410 g/mol. The Hall–Kier alpha value is -2.90. The lowest BCUT2D eigenvalue weighted by Gasteiger charge is -2.27. The molecule has 1 aliphatic heterocycles. The zero-order chi connectivity index (χ0) is 20.9. The Morgan fingerprint density at radius 2 is 1.67 bits per heavy atom. The van der Waals surface area contributed by atoms with Crippen LogP contribution < -0.4 is 5.32 Å². The smallest absolute Gasteiger partial charge is 0.407 e. The molecule has 158 valence electrons. The summed E-state index contributed by atoms with van der Waals surface area (Å²) in [5.74, 6) is -1.11. The molecule has 0 aromatic heterocycles. The van der Waals surface area contributed by atoms with E-state index in [4.69, 9.17) is 9.47 Å². The summed E-state index contributed by atoms with van der Waals surface area (Å²) < 4.78 is 10.8. The van der Waals surface area contributed by atoms with E-state index in [2.05, 4.69) is 22.3 Å². The van der Waals surface area contributed by atoms with Crippen molar-refractivity contribution in [1.29, 1.82) is 0 Å². The van der Waals surface area contributed by atoms with Crippen molar-refractivity contribution in [2.45, 2.75) is 18.4 Å². The van der Waals surface area contributed by atoms with Gasteiger partial charge in [0.2, 0.25) is 0 Å². The first-order valence-electron chi connectivity index (χ1n) is 10.3. The maximum atomic E-state index is 12.4. The number of aliphatic carboxylic acids is 1. The van der Waals surface area contributed by atoms with Gasteiger partial charge in [0.15, 0.2) is 0 Å². The van der Waals surface area contributed by atoms with Gasteiger partial charge in [-0.05, 0) is 28.7 Å². The number of carboxylic acid groups (broad SMARTS) is 1. The lowest BCUT2D eigenvalue weighted by atomic mass is 9.98. The Morgan fingerprint density at radius 3 is 2.27 bits per heavy atom. The Labute approximate surface area is 175 Å². The van der Waals surface area contributed by atoms with E-state index in [1.165, 1.54) is 0 Å². The summed E-state index contributed by atoms with van der Waals surface area (Å²) in [7, 11) is 0. The average molecular weight is 410 g/mol. The van der Waals surface area contributed by atoms with Crippen LogP contribution in [0.3, 0.4) is 0 Å². The molecule has 4 rings (SSSR count). The van der Waals surface area contributed by atoms with E-state index in [9.17, 15) is 14.7 Å². The van der Waals surface area contributed by atoms with Crippen LogP contribution in [0.5, 0.6) is 0 Å². The predicted molar refractivity (Wildman–Crippen MR) is 112 cm³/mol. The van der Waals surface area contributed by atoms with Crippen molar-refractivity contribution in [3.8, 4) is 11.1 Å². The maximum absolute atomic E-state index is 12.4. The van der Waals surface area contributed by atoms with E-state index in [1.807, 2.05) is 36.4 Å². The summed E-state index contributed by atoms with van der Waals surface area (Å²) in [5, 5.41) is 12.0. The van der Waals surface area contributed by atoms with Crippen LogP contribution in [0.1, 0.15) is 23.5 Å². The second kappa shape index (κ2) is 9.28. The van der Waals surface area contributed by atoms with Crippen molar-refractivity contribution in [3.05, 3.63) is 59.7 Å². The van der Waals surface area contributed by atoms with Crippen LogP contribution in [-0.4, -0.2) is 67.6 Å². The number of morpholine rings is 1. The summed E-state index contributed by atoms with van der Waals surface area (Å²) in [6.07, 6.45) is -0.384. The highest BCUT2D eigenvalue weighted by atomic mass is 16.5. The van der Waals surface area contributed by atoms with Gasteiger partial charge < -0.3 is 19.9 Å². The van der Waals surface area contributed by atoms with Crippen LogP contribution in [0.15, 0.2) is 48.5 Å². The van der Waals surface area contributed by atoms with Gasteiger partial charge in [-0.1, -0.05) is 48.5 Å². The summed E-state index contributed by atoms with van der Waals surface area (Å²) in [6, 6.07) is 15.2. The molecule has 30 heavy (non-hydrogen) atoms. The SMILES string of the molecule is O=C(NC(CCN1CCOCC1)C(=O)O)OCC1c2ccccc2-c2ccccc21. The molecular formula is C23H26N2O5. The van der Waals surface area contributed by atoms with E-state index in [-0.39, 0.29) is 12.5 Å². The number of benzene rings is 2. The van der Waals surface area contributed by atoms with Gasteiger partial charge in [0, 0.05) is 25.6 Å². The van der Waals surface area contributed by atoms with Crippen molar-refractivity contribution in [1.82, 2.24) is 10.2 Å². The summed E-state index contributed by atoms with van der Waals surface area (Å²) in [4.78, 5) is 26.1. The van der Waals surface area contributed by atoms with Crippen molar-refractivity contribution >= 4 is 12.1 Å². The van der Waals surface area contributed by atoms with Crippen LogP contribution in [0, 0.1) is 0 Å². The number of nitrogens with zero attached hydrogens (tertiary/aromatic N) is 1. The Balaban J connectivity index is 1.35. The van der Waals surface area contributed by atoms with Crippen molar-refractivity contribution < 1.29 is 24.2 Å². The van der Waals surface area contributed by atoms with Gasteiger partial charge >= 0.3 is 12.1 Å². The van der Waals surface area contributed by atoms with E-state index in [0.29, 0.717) is 26.2 Å². The molecule has 2 N–H and O–H groups in total. The zero-order valence-corrected chi connectivity index (χ0v) is 16.8. The fourth-order valence-corrected chi connectivity index (χ4v) is 4.18. The number of carbonyl (C=O) groups excluding carboxylic acids is 1. The molecule has 7 heteroatoms. The predicted octanol–water partition coefficient (Wildman–Crippen LogP) is 2.70. The second-order valence-corrected chi connectivity index (χ2v) is 7.60. The van der Waals surface area contributed by atoms with Crippen molar-refractivity contribution in [2.75, 3.05) is 39.5 Å². The highest BCUT2D eigenvalue weighted by Gasteiger charge is 2.29. The van der Waals surface area contributed by atoms with Crippen LogP contribution in [-0.2, 0) is 14.3 Å².